The number of aryl methyl sites for hydroxylation is 1. The number of aromatic nitrogens is 2. The SMILES string of the molecule is Cc1c[nH]c(=O)n(Cc2c(C(=O)O)sc(Br)c2Br)c1=O. The van der Waals surface area contributed by atoms with E-state index < -0.39 is 17.2 Å². The number of rotatable bonds is 3. The van der Waals surface area contributed by atoms with Gasteiger partial charge in [0.05, 0.1) is 10.3 Å². The maximum atomic E-state index is 12.0. The summed E-state index contributed by atoms with van der Waals surface area (Å²) < 4.78 is 2.11. The molecule has 0 bridgehead atoms. The van der Waals surface area contributed by atoms with Crippen LogP contribution in [0.3, 0.4) is 0 Å². The van der Waals surface area contributed by atoms with E-state index in [9.17, 15) is 19.5 Å². The lowest BCUT2D eigenvalue weighted by atomic mass is 10.2. The first-order chi connectivity index (χ1) is 9.32. The van der Waals surface area contributed by atoms with Crippen molar-refractivity contribution in [2.45, 2.75) is 13.5 Å². The Labute approximate surface area is 133 Å². The molecule has 20 heavy (non-hydrogen) atoms. The first-order valence-electron chi connectivity index (χ1n) is 5.32. The van der Waals surface area contributed by atoms with Gasteiger partial charge in [-0.2, -0.15) is 0 Å². The number of hydrogen-bond donors (Lipinski definition) is 2. The summed E-state index contributed by atoms with van der Waals surface area (Å²) in [6.45, 7) is 1.46. The van der Waals surface area contributed by atoms with Crippen molar-refractivity contribution in [3.8, 4) is 0 Å². The van der Waals surface area contributed by atoms with Crippen molar-refractivity contribution in [3.63, 3.8) is 0 Å². The Bertz CT molecular complexity index is 806. The number of carboxylic acids is 1. The average molecular weight is 424 g/mol. The third kappa shape index (κ3) is 2.65. The molecule has 2 heterocycles. The summed E-state index contributed by atoms with van der Waals surface area (Å²) in [4.78, 5) is 37.4. The molecule has 0 aliphatic rings. The molecule has 2 aromatic rings. The lowest BCUT2D eigenvalue weighted by molar-refractivity contribution is 0.0701. The Balaban J connectivity index is 2.62. The average Bonchev–Trinajstić information content (AvgIpc) is 2.67. The van der Waals surface area contributed by atoms with E-state index in [0.717, 1.165) is 15.9 Å². The molecule has 0 aliphatic carbocycles. The number of nitrogens with zero attached hydrogens (tertiary/aromatic N) is 1. The van der Waals surface area contributed by atoms with Crippen LogP contribution >= 0.6 is 43.2 Å². The van der Waals surface area contributed by atoms with Gasteiger partial charge < -0.3 is 10.1 Å². The maximum absolute atomic E-state index is 12.0. The predicted octanol–water partition coefficient (Wildman–Crippen LogP) is 2.18. The van der Waals surface area contributed by atoms with Gasteiger partial charge in [-0.25, -0.2) is 9.59 Å². The zero-order valence-corrected chi connectivity index (χ0v) is 14.1. The summed E-state index contributed by atoms with van der Waals surface area (Å²) in [6.07, 6.45) is 1.33. The number of aromatic amines is 1. The standard InChI is InChI=1S/C11H8Br2N2O4S/c1-4-2-14-11(19)15(9(4)16)3-5-6(12)8(13)20-7(5)10(17)18/h2H,3H2,1H3,(H,14,19)(H,17,18). The number of hydrogen-bond acceptors (Lipinski definition) is 4. The van der Waals surface area contributed by atoms with Crippen LogP contribution < -0.4 is 11.2 Å². The van der Waals surface area contributed by atoms with Crippen LogP contribution in [0.15, 0.2) is 24.0 Å². The number of aromatic carboxylic acids is 1. The van der Waals surface area contributed by atoms with Gasteiger partial charge in [0.1, 0.15) is 4.88 Å². The van der Waals surface area contributed by atoms with E-state index in [4.69, 9.17) is 0 Å². The molecule has 106 valence electrons. The van der Waals surface area contributed by atoms with E-state index in [2.05, 4.69) is 36.8 Å². The van der Waals surface area contributed by atoms with Crippen LogP contribution in [-0.4, -0.2) is 20.6 Å². The molecule has 0 saturated heterocycles. The quantitative estimate of drug-likeness (QED) is 0.791. The van der Waals surface area contributed by atoms with Crippen LogP contribution in [0.1, 0.15) is 20.8 Å². The topological polar surface area (TPSA) is 92.2 Å². The molecule has 0 atom stereocenters. The zero-order valence-electron chi connectivity index (χ0n) is 10.1. The van der Waals surface area contributed by atoms with Gasteiger partial charge in [-0.05, 0) is 38.8 Å². The second-order valence-corrected chi connectivity index (χ2v) is 7.10. The maximum Gasteiger partial charge on any atom is 0.346 e. The molecule has 2 aromatic heterocycles. The summed E-state index contributed by atoms with van der Waals surface area (Å²) in [5.41, 5.74) is -0.259. The van der Waals surface area contributed by atoms with Gasteiger partial charge in [-0.3, -0.25) is 9.36 Å². The largest absolute Gasteiger partial charge is 0.477 e. The van der Waals surface area contributed by atoms with Crippen molar-refractivity contribution >= 4 is 49.2 Å². The minimum Gasteiger partial charge on any atom is -0.477 e. The van der Waals surface area contributed by atoms with Gasteiger partial charge in [-0.1, -0.05) is 0 Å². The Morgan fingerprint density at radius 2 is 2.10 bits per heavy atom. The fourth-order valence-corrected chi connectivity index (χ4v) is 3.84. The molecule has 0 aliphatic heterocycles. The van der Waals surface area contributed by atoms with E-state index in [-0.39, 0.29) is 11.4 Å². The van der Waals surface area contributed by atoms with Crippen LogP contribution in [0.4, 0.5) is 0 Å². The Hall–Kier alpha value is -1.19. The zero-order chi connectivity index (χ0) is 15.0. The molecule has 0 fully saturated rings. The molecule has 0 saturated carbocycles. The third-order valence-corrected chi connectivity index (χ3v) is 6.21. The number of halogens is 2. The molecule has 0 spiro atoms. The van der Waals surface area contributed by atoms with Crippen LogP contribution in [0.25, 0.3) is 0 Å². The highest BCUT2D eigenvalue weighted by atomic mass is 79.9. The van der Waals surface area contributed by atoms with Crippen molar-refractivity contribution < 1.29 is 9.90 Å². The van der Waals surface area contributed by atoms with Crippen molar-refractivity contribution in [3.05, 3.63) is 51.3 Å². The molecule has 9 heteroatoms. The van der Waals surface area contributed by atoms with Crippen LogP contribution in [-0.2, 0) is 6.54 Å². The highest BCUT2D eigenvalue weighted by Crippen LogP contribution is 2.37. The second-order valence-electron chi connectivity index (χ2n) is 3.97. The Morgan fingerprint density at radius 1 is 1.45 bits per heavy atom. The van der Waals surface area contributed by atoms with Crippen molar-refractivity contribution in [2.75, 3.05) is 0 Å². The highest BCUT2D eigenvalue weighted by Gasteiger charge is 2.21. The van der Waals surface area contributed by atoms with E-state index in [1.807, 2.05) is 0 Å². The molecule has 6 nitrogen and oxygen atoms in total. The molecule has 2 rings (SSSR count). The van der Waals surface area contributed by atoms with E-state index in [0.29, 0.717) is 19.4 Å². The van der Waals surface area contributed by atoms with Crippen LogP contribution in [0.5, 0.6) is 0 Å². The van der Waals surface area contributed by atoms with E-state index >= 15 is 0 Å². The first kappa shape index (κ1) is 15.2. The summed E-state index contributed by atoms with van der Waals surface area (Å²) in [5.74, 6) is -1.10. The molecular formula is C11H8Br2N2O4S. The molecule has 2 N–H and O–H groups in total. The Kier molecular flexibility index (Phi) is 4.31. The summed E-state index contributed by atoms with van der Waals surface area (Å²) in [7, 11) is 0. The molecule has 0 amide bonds. The third-order valence-electron chi connectivity index (χ3n) is 2.65. The number of carboxylic acid groups (broad SMARTS) is 1. The summed E-state index contributed by atoms with van der Waals surface area (Å²) >= 11 is 7.53. The molecule has 0 radical (unpaired) electrons. The molecule has 0 aromatic carbocycles. The Morgan fingerprint density at radius 3 is 2.70 bits per heavy atom. The number of nitrogens with one attached hydrogen (secondary N) is 1. The fraction of sp³-hybridized carbons (Fsp3) is 0.182. The van der Waals surface area contributed by atoms with E-state index in [1.165, 1.54) is 6.20 Å². The number of carbonyl (C=O) groups is 1. The smallest absolute Gasteiger partial charge is 0.346 e. The van der Waals surface area contributed by atoms with Crippen molar-refractivity contribution in [1.29, 1.82) is 0 Å². The van der Waals surface area contributed by atoms with Gasteiger partial charge in [0.25, 0.3) is 5.56 Å². The molecule has 0 unspecified atom stereocenters. The second kappa shape index (κ2) is 5.66. The molecular weight excluding hydrogens is 416 g/mol. The van der Waals surface area contributed by atoms with Crippen molar-refractivity contribution in [2.24, 2.45) is 0 Å². The first-order valence-corrected chi connectivity index (χ1v) is 7.72. The summed E-state index contributed by atoms with van der Waals surface area (Å²) in [6, 6.07) is 0. The van der Waals surface area contributed by atoms with Gasteiger partial charge >= 0.3 is 11.7 Å². The minimum absolute atomic E-state index is 0.0801. The normalized spacial score (nSPS) is 10.8. The lowest BCUT2D eigenvalue weighted by Gasteiger charge is -2.06. The lowest BCUT2D eigenvalue weighted by Crippen LogP contribution is -2.36. The highest BCUT2D eigenvalue weighted by molar-refractivity contribution is 9.13. The van der Waals surface area contributed by atoms with Gasteiger partial charge in [0.2, 0.25) is 0 Å². The van der Waals surface area contributed by atoms with E-state index in [1.54, 1.807) is 6.92 Å². The van der Waals surface area contributed by atoms with Gasteiger partial charge in [0.15, 0.2) is 0 Å². The van der Waals surface area contributed by atoms with Crippen LogP contribution in [0, 0.1) is 6.92 Å². The summed E-state index contributed by atoms with van der Waals surface area (Å²) in [5, 5.41) is 9.17. The van der Waals surface area contributed by atoms with Crippen molar-refractivity contribution in [1.82, 2.24) is 9.55 Å². The minimum atomic E-state index is -1.10. The van der Waals surface area contributed by atoms with Gasteiger partial charge in [0, 0.05) is 21.8 Å². The number of thiophene rings is 1. The monoisotopic (exact) mass is 422 g/mol. The van der Waals surface area contributed by atoms with Gasteiger partial charge in [-0.15, -0.1) is 11.3 Å². The predicted molar refractivity (Wildman–Crippen MR) is 81.8 cm³/mol. The fourth-order valence-electron chi connectivity index (χ4n) is 1.64. The number of H-pyrrole nitrogens is 1. The van der Waals surface area contributed by atoms with Crippen LogP contribution in [0.2, 0.25) is 0 Å².